The van der Waals surface area contributed by atoms with Crippen molar-refractivity contribution in [2.24, 2.45) is 0 Å². The quantitative estimate of drug-likeness (QED) is 0.417. The van der Waals surface area contributed by atoms with E-state index in [1.165, 1.54) is 4.31 Å². The molecule has 2 amide bonds. The van der Waals surface area contributed by atoms with Crippen LogP contribution >= 0.6 is 0 Å². The molecule has 0 aliphatic carbocycles. The minimum atomic E-state index is -3.73. The highest BCUT2D eigenvalue weighted by molar-refractivity contribution is 7.89. The minimum absolute atomic E-state index is 0.103. The lowest BCUT2D eigenvalue weighted by Crippen LogP contribution is -2.40. The summed E-state index contributed by atoms with van der Waals surface area (Å²) in [7, 11) is -2.03. The molecule has 4 heterocycles. The third-order valence-electron chi connectivity index (χ3n) is 8.47. The fourth-order valence-electron chi connectivity index (χ4n) is 6.20. The summed E-state index contributed by atoms with van der Waals surface area (Å²) in [6.45, 7) is 5.25. The number of carbonyl (C=O) groups excluding carboxylic acids is 2. The number of para-hydroxylation sites is 1. The number of likely N-dealkylation sites (N-methyl/N-ethyl adjacent to an activating group) is 1. The van der Waals surface area contributed by atoms with Gasteiger partial charge in [-0.3, -0.25) is 9.59 Å². The Balaban J connectivity index is 1.42. The van der Waals surface area contributed by atoms with E-state index in [1.807, 2.05) is 33.9 Å². The first-order valence-corrected chi connectivity index (χ1v) is 15.8. The molecule has 0 bridgehead atoms. The molecule has 6 rings (SSSR count). The molecule has 0 spiro atoms. The molecule has 3 aromatic rings. The number of rotatable bonds is 6. The van der Waals surface area contributed by atoms with Crippen molar-refractivity contribution in [3.8, 4) is 0 Å². The number of sulfonamides is 1. The fourth-order valence-corrected chi connectivity index (χ4v) is 7.63. The molecule has 10 heteroatoms. The SMILES string of the molecule is CCc1cccc2c(C=C3C(=O)N(C)c4ccc(S(=O)(=O)N5CCOCC5)cc43)cn(CC(=O)N3CCCCC3)c12. The highest BCUT2D eigenvalue weighted by Gasteiger charge is 2.33. The predicted molar refractivity (Wildman–Crippen MR) is 159 cm³/mol. The van der Waals surface area contributed by atoms with Crippen LogP contribution in [0.3, 0.4) is 0 Å². The number of likely N-dealkylation sites (tertiary alicyclic amines) is 1. The largest absolute Gasteiger partial charge is 0.379 e. The number of anilines is 1. The molecule has 0 radical (unpaired) electrons. The van der Waals surface area contributed by atoms with Gasteiger partial charge < -0.3 is 19.1 Å². The normalized spacial score (nSPS) is 19.4. The molecule has 0 N–H and O–H groups in total. The van der Waals surface area contributed by atoms with Gasteiger partial charge in [0.2, 0.25) is 15.9 Å². The molecule has 2 aromatic carbocycles. The molecule has 0 atom stereocenters. The first-order chi connectivity index (χ1) is 19.8. The number of benzene rings is 2. The van der Waals surface area contributed by atoms with Gasteiger partial charge in [-0.15, -0.1) is 0 Å². The van der Waals surface area contributed by atoms with E-state index >= 15 is 0 Å². The zero-order chi connectivity index (χ0) is 28.7. The van der Waals surface area contributed by atoms with Gasteiger partial charge in [0.1, 0.15) is 6.54 Å². The summed E-state index contributed by atoms with van der Waals surface area (Å²) in [6.07, 6.45) is 7.84. The predicted octanol–water partition coefficient (Wildman–Crippen LogP) is 3.75. The Morgan fingerprint density at radius 3 is 2.51 bits per heavy atom. The molecule has 3 aliphatic rings. The maximum absolute atomic E-state index is 13.5. The smallest absolute Gasteiger partial charge is 0.258 e. The second-order valence-electron chi connectivity index (χ2n) is 10.9. The summed E-state index contributed by atoms with van der Waals surface area (Å²) in [4.78, 5) is 30.4. The molecule has 2 fully saturated rings. The van der Waals surface area contributed by atoms with Crippen molar-refractivity contribution in [3.63, 3.8) is 0 Å². The topological polar surface area (TPSA) is 92.2 Å². The summed E-state index contributed by atoms with van der Waals surface area (Å²) in [5.74, 6) is -0.0930. The van der Waals surface area contributed by atoms with Gasteiger partial charge in [0.05, 0.1) is 29.3 Å². The number of carbonyl (C=O) groups is 2. The summed E-state index contributed by atoms with van der Waals surface area (Å²) >= 11 is 0. The number of fused-ring (bicyclic) bond motifs is 2. The van der Waals surface area contributed by atoms with E-state index in [0.717, 1.165) is 60.8 Å². The Labute approximate surface area is 241 Å². The van der Waals surface area contributed by atoms with Crippen LogP contribution in [0.4, 0.5) is 5.69 Å². The van der Waals surface area contributed by atoms with Crippen LogP contribution in [-0.4, -0.2) is 80.4 Å². The first kappa shape index (κ1) is 27.7. The van der Waals surface area contributed by atoms with Crippen LogP contribution in [0.2, 0.25) is 0 Å². The molecule has 1 aromatic heterocycles. The first-order valence-electron chi connectivity index (χ1n) is 14.4. The monoisotopic (exact) mass is 576 g/mol. The number of aryl methyl sites for hydroxylation is 1. The third-order valence-corrected chi connectivity index (χ3v) is 10.4. The number of morpholine rings is 1. The average Bonchev–Trinajstić information content (AvgIpc) is 3.47. The number of amides is 2. The standard InChI is InChI=1S/C31H36N4O5S/c1-3-22-8-7-9-25-23(20-34(30(22)25)21-29(36)33-12-5-4-6-13-33)18-27-26-19-24(10-11-28(26)32(2)31(27)37)41(38,39)35-14-16-40-17-15-35/h7-11,18-20H,3-6,12-17,21H2,1-2H3. The van der Waals surface area contributed by atoms with Gasteiger partial charge in [-0.1, -0.05) is 25.1 Å². The van der Waals surface area contributed by atoms with Crippen molar-refractivity contribution in [1.29, 1.82) is 0 Å². The maximum atomic E-state index is 13.5. The third kappa shape index (κ3) is 4.98. The molecular formula is C31H36N4O5S. The van der Waals surface area contributed by atoms with Crippen molar-refractivity contribution in [3.05, 3.63) is 59.3 Å². The van der Waals surface area contributed by atoms with E-state index in [4.69, 9.17) is 4.74 Å². The van der Waals surface area contributed by atoms with Gasteiger partial charge in [-0.2, -0.15) is 4.31 Å². The summed E-state index contributed by atoms with van der Waals surface area (Å²) < 4.78 is 35.6. The van der Waals surface area contributed by atoms with E-state index in [1.54, 1.807) is 30.1 Å². The Morgan fingerprint density at radius 1 is 1.02 bits per heavy atom. The lowest BCUT2D eigenvalue weighted by atomic mass is 10.0. The van der Waals surface area contributed by atoms with Gasteiger partial charge in [0.25, 0.3) is 5.91 Å². The zero-order valence-corrected chi connectivity index (χ0v) is 24.5. The molecule has 0 saturated carbocycles. The Morgan fingerprint density at radius 2 is 1.78 bits per heavy atom. The van der Waals surface area contributed by atoms with Crippen LogP contribution in [0.1, 0.15) is 42.9 Å². The van der Waals surface area contributed by atoms with Crippen molar-refractivity contribution in [1.82, 2.24) is 13.8 Å². The summed E-state index contributed by atoms with van der Waals surface area (Å²) in [5.41, 5.74) is 4.64. The van der Waals surface area contributed by atoms with E-state index in [-0.39, 0.29) is 23.3 Å². The van der Waals surface area contributed by atoms with E-state index in [2.05, 4.69) is 13.0 Å². The lowest BCUT2D eigenvalue weighted by molar-refractivity contribution is -0.132. The summed E-state index contributed by atoms with van der Waals surface area (Å²) in [6, 6.07) is 11.0. The van der Waals surface area contributed by atoms with Gasteiger partial charge in [-0.05, 0) is 55.5 Å². The van der Waals surface area contributed by atoms with Crippen molar-refractivity contribution < 1.29 is 22.7 Å². The second kappa shape index (κ2) is 11.1. The van der Waals surface area contributed by atoms with E-state index in [9.17, 15) is 18.0 Å². The number of hydrogen-bond donors (Lipinski definition) is 0. The zero-order valence-electron chi connectivity index (χ0n) is 23.6. The Bertz CT molecular complexity index is 1650. The molecule has 2 saturated heterocycles. The highest BCUT2D eigenvalue weighted by atomic mass is 32.2. The fraction of sp³-hybridized carbons (Fsp3) is 0.419. The molecule has 0 unspecified atom stereocenters. The molecule has 41 heavy (non-hydrogen) atoms. The maximum Gasteiger partial charge on any atom is 0.258 e. The van der Waals surface area contributed by atoms with Gasteiger partial charge in [0.15, 0.2) is 0 Å². The van der Waals surface area contributed by atoms with Crippen molar-refractivity contribution in [2.45, 2.75) is 44.0 Å². The van der Waals surface area contributed by atoms with Crippen LogP contribution in [-0.2, 0) is 37.3 Å². The Hall–Kier alpha value is -3.47. The Kier molecular flexibility index (Phi) is 7.48. The van der Waals surface area contributed by atoms with Crippen LogP contribution in [0.15, 0.2) is 47.5 Å². The minimum Gasteiger partial charge on any atom is -0.379 e. The average molecular weight is 577 g/mol. The van der Waals surface area contributed by atoms with Gasteiger partial charge in [0, 0.05) is 61.5 Å². The highest BCUT2D eigenvalue weighted by Crippen LogP contribution is 2.40. The molecule has 9 nitrogen and oxygen atoms in total. The van der Waals surface area contributed by atoms with Crippen LogP contribution in [0, 0.1) is 0 Å². The molecule has 3 aliphatic heterocycles. The van der Waals surface area contributed by atoms with Gasteiger partial charge in [-0.25, -0.2) is 8.42 Å². The number of hydrogen-bond acceptors (Lipinski definition) is 5. The molecule has 216 valence electrons. The van der Waals surface area contributed by atoms with E-state index < -0.39 is 10.0 Å². The van der Waals surface area contributed by atoms with Crippen molar-refractivity contribution in [2.75, 3.05) is 51.3 Å². The second-order valence-corrected chi connectivity index (χ2v) is 12.9. The van der Waals surface area contributed by atoms with Crippen LogP contribution in [0.25, 0.3) is 22.6 Å². The molecular weight excluding hydrogens is 540 g/mol. The number of aromatic nitrogens is 1. The van der Waals surface area contributed by atoms with Gasteiger partial charge >= 0.3 is 0 Å². The lowest BCUT2D eigenvalue weighted by Gasteiger charge is -2.27. The number of ether oxygens (including phenoxy) is 1. The van der Waals surface area contributed by atoms with E-state index in [0.29, 0.717) is 43.1 Å². The number of nitrogens with zero attached hydrogens (tertiary/aromatic N) is 4. The van der Waals surface area contributed by atoms with Crippen LogP contribution in [0.5, 0.6) is 0 Å². The number of piperidine rings is 1. The van der Waals surface area contributed by atoms with Crippen molar-refractivity contribution >= 4 is 50.1 Å². The summed E-state index contributed by atoms with van der Waals surface area (Å²) in [5, 5.41) is 0.962. The van der Waals surface area contributed by atoms with Crippen LogP contribution < -0.4 is 4.90 Å².